The van der Waals surface area contributed by atoms with Gasteiger partial charge in [-0.15, -0.1) is 0 Å². The zero-order valence-corrected chi connectivity index (χ0v) is 13.9. The molecule has 3 amide bonds. The average Bonchev–Trinajstić information content (AvgIpc) is 3.22. The first kappa shape index (κ1) is 15.7. The number of nitrogens with one attached hydrogen (secondary N) is 2. The maximum absolute atomic E-state index is 12.4. The van der Waals surface area contributed by atoms with Crippen LogP contribution in [-0.2, 0) is 17.9 Å². The Labute approximate surface area is 146 Å². The summed E-state index contributed by atoms with van der Waals surface area (Å²) in [4.78, 5) is 25.8. The normalized spacial score (nSPS) is 16.8. The van der Waals surface area contributed by atoms with Gasteiger partial charge in [0.25, 0.3) is 0 Å². The maximum Gasteiger partial charge on any atom is 0.317 e. The molecular weight excluding hydrogens is 318 g/mol. The van der Waals surface area contributed by atoms with Crippen molar-refractivity contribution >= 4 is 17.6 Å². The van der Waals surface area contributed by atoms with Crippen molar-refractivity contribution in [3.05, 3.63) is 47.8 Å². The van der Waals surface area contributed by atoms with Gasteiger partial charge < -0.3 is 15.5 Å². The van der Waals surface area contributed by atoms with Crippen molar-refractivity contribution in [2.75, 3.05) is 18.4 Å². The fraction of sp³-hybridized carbons (Fsp3) is 0.389. The summed E-state index contributed by atoms with van der Waals surface area (Å²) in [5, 5.41) is 10.2. The summed E-state index contributed by atoms with van der Waals surface area (Å²) in [6.07, 6.45) is 4.25. The van der Waals surface area contributed by atoms with Gasteiger partial charge >= 0.3 is 6.03 Å². The number of para-hydroxylation sites is 1. The second kappa shape index (κ2) is 6.58. The van der Waals surface area contributed by atoms with Gasteiger partial charge in [-0.1, -0.05) is 18.2 Å². The molecule has 0 unspecified atom stereocenters. The van der Waals surface area contributed by atoms with Gasteiger partial charge in [-0.3, -0.25) is 9.48 Å². The van der Waals surface area contributed by atoms with Crippen LogP contribution in [0.15, 0.2) is 36.5 Å². The molecule has 7 heteroatoms. The molecule has 1 aliphatic heterocycles. The maximum atomic E-state index is 12.4. The van der Waals surface area contributed by atoms with Gasteiger partial charge in [-0.05, 0) is 30.5 Å². The number of hydrogen-bond donors (Lipinski definition) is 2. The Kier molecular flexibility index (Phi) is 4.13. The third kappa shape index (κ3) is 3.65. The molecule has 7 nitrogen and oxygen atoms in total. The Morgan fingerprint density at radius 3 is 2.88 bits per heavy atom. The fourth-order valence-corrected chi connectivity index (χ4v) is 3.05. The first-order valence-electron chi connectivity index (χ1n) is 8.63. The number of aromatic nitrogens is 2. The first-order chi connectivity index (χ1) is 12.2. The van der Waals surface area contributed by atoms with Gasteiger partial charge in [0.15, 0.2) is 0 Å². The van der Waals surface area contributed by atoms with Crippen molar-refractivity contribution in [2.24, 2.45) is 0 Å². The van der Waals surface area contributed by atoms with E-state index in [1.807, 2.05) is 36.5 Å². The molecule has 1 aromatic heterocycles. The number of amides is 3. The Bertz CT molecular complexity index is 796. The third-order valence-corrected chi connectivity index (χ3v) is 4.56. The molecule has 2 N–H and O–H groups in total. The minimum Gasteiger partial charge on any atom is -0.336 e. The molecule has 2 aromatic rings. The number of benzene rings is 1. The first-order valence-corrected chi connectivity index (χ1v) is 8.63. The summed E-state index contributed by atoms with van der Waals surface area (Å²) < 4.78 is 1.68. The highest BCUT2D eigenvalue weighted by Gasteiger charge is 2.26. The molecule has 0 bridgehead atoms. The number of rotatable bonds is 6. The topological polar surface area (TPSA) is 79.3 Å². The summed E-state index contributed by atoms with van der Waals surface area (Å²) in [6, 6.07) is 9.51. The number of carbonyl (C=O) groups excluding carboxylic acids is 2. The van der Waals surface area contributed by atoms with E-state index >= 15 is 0 Å². The molecule has 1 saturated heterocycles. The largest absolute Gasteiger partial charge is 0.336 e. The van der Waals surface area contributed by atoms with Crippen LogP contribution in [0.2, 0.25) is 0 Å². The quantitative estimate of drug-likeness (QED) is 0.844. The van der Waals surface area contributed by atoms with Gasteiger partial charge in [-0.2, -0.15) is 5.10 Å². The molecule has 0 atom stereocenters. The van der Waals surface area contributed by atoms with E-state index in [4.69, 9.17) is 0 Å². The Hall–Kier alpha value is -2.83. The second-order valence-electron chi connectivity index (χ2n) is 6.57. The number of carbonyl (C=O) groups is 2. The van der Waals surface area contributed by atoms with E-state index in [1.165, 1.54) is 12.8 Å². The van der Waals surface area contributed by atoms with Crippen LogP contribution in [0.5, 0.6) is 0 Å². The third-order valence-electron chi connectivity index (χ3n) is 4.56. The van der Waals surface area contributed by atoms with E-state index in [0.717, 1.165) is 16.9 Å². The molecule has 2 heterocycles. The van der Waals surface area contributed by atoms with Crippen molar-refractivity contribution in [1.29, 1.82) is 0 Å². The molecular formula is C18H21N5O2. The van der Waals surface area contributed by atoms with Crippen LogP contribution in [0, 0.1) is 0 Å². The zero-order chi connectivity index (χ0) is 17.2. The van der Waals surface area contributed by atoms with Gasteiger partial charge in [0.1, 0.15) is 6.54 Å². The monoisotopic (exact) mass is 339 g/mol. The number of urea groups is 1. The minimum absolute atomic E-state index is 0.0646. The van der Waals surface area contributed by atoms with Crippen LogP contribution < -0.4 is 10.6 Å². The van der Waals surface area contributed by atoms with Crippen molar-refractivity contribution in [1.82, 2.24) is 20.0 Å². The van der Waals surface area contributed by atoms with E-state index < -0.39 is 0 Å². The molecule has 0 radical (unpaired) electrons. The minimum atomic E-state index is -0.122. The lowest BCUT2D eigenvalue weighted by atomic mass is 10.1. The van der Waals surface area contributed by atoms with E-state index in [2.05, 4.69) is 15.7 Å². The van der Waals surface area contributed by atoms with E-state index in [9.17, 15) is 9.59 Å². The molecule has 130 valence electrons. The van der Waals surface area contributed by atoms with Crippen LogP contribution in [-0.4, -0.2) is 39.7 Å². The number of hydrogen-bond acceptors (Lipinski definition) is 3. The van der Waals surface area contributed by atoms with Crippen LogP contribution in [0.1, 0.15) is 30.0 Å². The van der Waals surface area contributed by atoms with Crippen LogP contribution >= 0.6 is 0 Å². The summed E-state index contributed by atoms with van der Waals surface area (Å²) in [5.74, 6) is 0.459. The van der Waals surface area contributed by atoms with Crippen LogP contribution in [0.25, 0.3) is 0 Å². The summed E-state index contributed by atoms with van der Waals surface area (Å²) in [6.45, 7) is 2.01. The molecule has 2 aliphatic rings. The highest BCUT2D eigenvalue weighted by molar-refractivity contribution is 5.91. The Balaban J connectivity index is 1.40. The van der Waals surface area contributed by atoms with Crippen LogP contribution in [0.3, 0.4) is 0 Å². The Morgan fingerprint density at radius 2 is 2.12 bits per heavy atom. The zero-order valence-electron chi connectivity index (χ0n) is 13.9. The van der Waals surface area contributed by atoms with E-state index in [1.54, 1.807) is 9.58 Å². The molecule has 1 saturated carbocycles. The highest BCUT2D eigenvalue weighted by Crippen LogP contribution is 2.38. The predicted molar refractivity (Wildman–Crippen MR) is 93.1 cm³/mol. The van der Waals surface area contributed by atoms with Crippen molar-refractivity contribution in [3.63, 3.8) is 0 Å². The summed E-state index contributed by atoms with van der Waals surface area (Å²) in [7, 11) is 0. The molecule has 0 spiro atoms. The lowest BCUT2D eigenvalue weighted by Crippen LogP contribution is -2.28. The van der Waals surface area contributed by atoms with Crippen LogP contribution in [0.4, 0.5) is 10.5 Å². The smallest absolute Gasteiger partial charge is 0.317 e. The summed E-state index contributed by atoms with van der Waals surface area (Å²) in [5.41, 5.74) is 2.74. The molecule has 2 fully saturated rings. The summed E-state index contributed by atoms with van der Waals surface area (Å²) >= 11 is 0. The standard InChI is InChI=1S/C18H21N5O2/c24-17(12-23-9-7-16(21-23)13-5-6-13)20-15-4-2-1-3-14(15)11-22-10-8-19-18(22)25/h1-4,7,9,13H,5-6,8,10-12H2,(H,19,25)(H,20,24). The molecule has 25 heavy (non-hydrogen) atoms. The van der Waals surface area contributed by atoms with Gasteiger partial charge in [0.2, 0.25) is 5.91 Å². The lowest BCUT2D eigenvalue weighted by Gasteiger charge is -2.17. The fourth-order valence-electron chi connectivity index (χ4n) is 3.05. The van der Waals surface area contributed by atoms with Crippen molar-refractivity contribution in [3.8, 4) is 0 Å². The van der Waals surface area contributed by atoms with Crippen molar-refractivity contribution < 1.29 is 9.59 Å². The van der Waals surface area contributed by atoms with Gasteiger partial charge in [-0.25, -0.2) is 4.79 Å². The lowest BCUT2D eigenvalue weighted by molar-refractivity contribution is -0.116. The van der Waals surface area contributed by atoms with Gasteiger partial charge in [0, 0.05) is 37.4 Å². The predicted octanol–water partition coefficient (Wildman–Crippen LogP) is 1.92. The Morgan fingerprint density at radius 1 is 1.28 bits per heavy atom. The highest BCUT2D eigenvalue weighted by atomic mass is 16.2. The van der Waals surface area contributed by atoms with Crippen molar-refractivity contribution in [2.45, 2.75) is 31.8 Å². The van der Waals surface area contributed by atoms with Gasteiger partial charge in [0.05, 0.1) is 5.69 Å². The van der Waals surface area contributed by atoms with E-state index in [0.29, 0.717) is 25.6 Å². The number of nitrogens with zero attached hydrogens (tertiary/aromatic N) is 3. The molecule has 1 aliphatic carbocycles. The SMILES string of the molecule is O=C(Cn1ccc(C2CC2)n1)Nc1ccccc1CN1CCNC1=O. The number of anilines is 1. The average molecular weight is 339 g/mol. The van der Waals surface area contributed by atoms with E-state index in [-0.39, 0.29) is 18.5 Å². The molecule has 1 aromatic carbocycles. The second-order valence-corrected chi connectivity index (χ2v) is 6.57. The molecule has 4 rings (SSSR count).